The first-order chi connectivity index (χ1) is 15.1. The molecule has 0 radical (unpaired) electrons. The molecule has 1 amide bonds. The summed E-state index contributed by atoms with van der Waals surface area (Å²) in [5.74, 6) is -5.96. The first kappa shape index (κ1) is 22.3. The molecule has 0 spiro atoms. The van der Waals surface area contributed by atoms with Crippen LogP contribution in [0.1, 0.15) is 32.8 Å². The van der Waals surface area contributed by atoms with Crippen molar-refractivity contribution in [3.8, 4) is 5.75 Å². The number of piperidine rings is 1. The maximum Gasteiger partial charge on any atom is 0.263 e. The molecule has 1 saturated heterocycles. The number of carbonyl (C=O) groups is 2. The summed E-state index contributed by atoms with van der Waals surface area (Å²) in [6.07, 6.45) is 0.826. The van der Waals surface area contributed by atoms with E-state index >= 15 is 0 Å². The van der Waals surface area contributed by atoms with Crippen LogP contribution in [0.2, 0.25) is 0 Å². The van der Waals surface area contributed by atoms with Crippen LogP contribution >= 0.6 is 15.9 Å². The fraction of sp³-hybridized carbons (Fsp3) is 0.333. The Kier molecular flexibility index (Phi) is 5.70. The van der Waals surface area contributed by atoms with Gasteiger partial charge in [-0.2, -0.15) is 4.98 Å². The summed E-state index contributed by atoms with van der Waals surface area (Å²) in [7, 11) is 0. The van der Waals surface area contributed by atoms with Crippen molar-refractivity contribution < 1.29 is 27.5 Å². The highest BCUT2D eigenvalue weighted by molar-refractivity contribution is 9.10. The van der Waals surface area contributed by atoms with Gasteiger partial charge < -0.3 is 15.0 Å². The average molecular weight is 511 g/mol. The normalized spacial score (nSPS) is 19.3. The molecule has 11 heteroatoms. The first-order valence-corrected chi connectivity index (χ1v) is 10.5. The standard InChI is InChI=1S/C21H18BrF3N4O3/c1-3-11-8-29(5-4-21(11,24)25)20-26-10(2)6-15(28-20)27-19(31)17-13(23)7-12(22)16-14(30)9-32-18(16)17/h3,6-7,11H,1,4-5,8-9H2,2H3,(H,26,27,28,31). The second-order valence-corrected chi connectivity index (χ2v) is 8.43. The summed E-state index contributed by atoms with van der Waals surface area (Å²) in [6.45, 7) is 4.85. The van der Waals surface area contributed by atoms with Crippen LogP contribution in [0.25, 0.3) is 0 Å². The van der Waals surface area contributed by atoms with Gasteiger partial charge in [-0.25, -0.2) is 18.2 Å². The molecule has 0 bridgehead atoms. The lowest BCUT2D eigenvalue weighted by Gasteiger charge is -2.37. The molecule has 2 aliphatic heterocycles. The molecular weight excluding hydrogens is 493 g/mol. The Hall–Kier alpha value is -2.95. The van der Waals surface area contributed by atoms with Gasteiger partial charge >= 0.3 is 0 Å². The third-order valence-corrected chi connectivity index (χ3v) is 5.99. The predicted octanol–water partition coefficient (Wildman–Crippen LogP) is 4.16. The van der Waals surface area contributed by atoms with E-state index in [-0.39, 0.29) is 59.5 Å². The van der Waals surface area contributed by atoms with Crippen LogP contribution in [0.3, 0.4) is 0 Å². The average Bonchev–Trinajstić information content (AvgIpc) is 3.09. The number of ketones is 1. The molecule has 1 atom stereocenters. The zero-order chi connectivity index (χ0) is 23.2. The zero-order valence-corrected chi connectivity index (χ0v) is 18.5. The topological polar surface area (TPSA) is 84.4 Å². The molecular formula is C21H18BrF3N4O3. The van der Waals surface area contributed by atoms with Crippen molar-refractivity contribution in [2.75, 3.05) is 29.9 Å². The molecule has 0 saturated carbocycles. The lowest BCUT2D eigenvalue weighted by atomic mass is 9.94. The van der Waals surface area contributed by atoms with E-state index < -0.39 is 29.1 Å². The first-order valence-electron chi connectivity index (χ1n) is 9.71. The highest BCUT2D eigenvalue weighted by Crippen LogP contribution is 2.38. The van der Waals surface area contributed by atoms with Gasteiger partial charge in [0.05, 0.1) is 11.5 Å². The summed E-state index contributed by atoms with van der Waals surface area (Å²) >= 11 is 3.11. The molecule has 168 valence electrons. The highest BCUT2D eigenvalue weighted by atomic mass is 79.9. The van der Waals surface area contributed by atoms with Gasteiger partial charge in [0, 0.05) is 35.7 Å². The van der Waals surface area contributed by atoms with Gasteiger partial charge in [0.15, 0.2) is 6.61 Å². The minimum atomic E-state index is -2.87. The fourth-order valence-corrected chi connectivity index (χ4v) is 4.32. The number of carbonyl (C=O) groups excluding carboxylic acids is 2. The van der Waals surface area contributed by atoms with Crippen LogP contribution in [0.15, 0.2) is 29.3 Å². The van der Waals surface area contributed by atoms with Crippen molar-refractivity contribution >= 4 is 39.4 Å². The molecule has 0 aliphatic carbocycles. The fourth-order valence-electron chi connectivity index (χ4n) is 3.72. The number of fused-ring (bicyclic) bond motifs is 1. The van der Waals surface area contributed by atoms with Crippen LogP contribution in [0, 0.1) is 18.7 Å². The quantitative estimate of drug-likeness (QED) is 0.621. The van der Waals surface area contributed by atoms with Gasteiger partial charge in [0.1, 0.15) is 22.9 Å². The van der Waals surface area contributed by atoms with Gasteiger partial charge in [-0.05, 0) is 28.9 Å². The predicted molar refractivity (Wildman–Crippen MR) is 114 cm³/mol. The molecule has 2 aliphatic rings. The summed E-state index contributed by atoms with van der Waals surface area (Å²) < 4.78 is 48.0. The highest BCUT2D eigenvalue weighted by Gasteiger charge is 2.43. The number of nitrogens with one attached hydrogen (secondary N) is 1. The third kappa shape index (κ3) is 3.96. The molecule has 1 N–H and O–H groups in total. The minimum Gasteiger partial charge on any atom is -0.484 e. The Bertz CT molecular complexity index is 1140. The van der Waals surface area contributed by atoms with Crippen molar-refractivity contribution in [3.05, 3.63) is 51.9 Å². The van der Waals surface area contributed by atoms with Crippen molar-refractivity contribution in [2.45, 2.75) is 19.3 Å². The van der Waals surface area contributed by atoms with Crippen molar-refractivity contribution in [2.24, 2.45) is 5.92 Å². The maximum atomic E-state index is 14.6. The molecule has 1 aromatic heterocycles. The molecule has 1 aromatic carbocycles. The van der Waals surface area contributed by atoms with Crippen LogP contribution < -0.4 is 15.0 Å². The monoisotopic (exact) mass is 510 g/mol. The number of ether oxygens (including phenoxy) is 1. The Morgan fingerprint density at radius 2 is 2.16 bits per heavy atom. The van der Waals surface area contributed by atoms with E-state index in [1.807, 2.05) is 0 Å². The molecule has 1 fully saturated rings. The molecule has 4 rings (SSSR count). The Balaban J connectivity index is 1.62. The Morgan fingerprint density at radius 3 is 2.88 bits per heavy atom. The van der Waals surface area contributed by atoms with E-state index in [9.17, 15) is 22.8 Å². The molecule has 3 heterocycles. The van der Waals surface area contributed by atoms with Gasteiger partial charge in [-0.3, -0.25) is 9.59 Å². The number of alkyl halides is 2. The van der Waals surface area contributed by atoms with Crippen molar-refractivity contribution in [1.82, 2.24) is 9.97 Å². The number of nitrogens with zero attached hydrogens (tertiary/aromatic N) is 3. The zero-order valence-electron chi connectivity index (χ0n) is 16.9. The van der Waals surface area contributed by atoms with E-state index in [1.54, 1.807) is 11.8 Å². The van der Waals surface area contributed by atoms with Crippen LogP contribution in [-0.2, 0) is 0 Å². The number of anilines is 2. The number of rotatable bonds is 4. The summed E-state index contributed by atoms with van der Waals surface area (Å²) in [4.78, 5) is 35.0. The smallest absolute Gasteiger partial charge is 0.263 e. The van der Waals surface area contributed by atoms with Crippen LogP contribution in [0.4, 0.5) is 24.9 Å². The number of Topliss-reactive ketones (excluding diaryl/α,β-unsaturated/α-hetero) is 1. The summed E-state index contributed by atoms with van der Waals surface area (Å²) in [6, 6.07) is 2.49. The number of amides is 1. The second-order valence-electron chi connectivity index (χ2n) is 7.58. The second kappa shape index (κ2) is 8.19. The van der Waals surface area contributed by atoms with E-state index in [2.05, 4.69) is 37.8 Å². The molecule has 7 nitrogen and oxygen atoms in total. The van der Waals surface area contributed by atoms with E-state index in [0.717, 1.165) is 6.07 Å². The van der Waals surface area contributed by atoms with Gasteiger partial charge in [0.2, 0.25) is 11.7 Å². The van der Waals surface area contributed by atoms with Gasteiger partial charge in [-0.15, -0.1) is 6.58 Å². The third-order valence-electron chi connectivity index (χ3n) is 5.36. The number of hydrogen-bond acceptors (Lipinski definition) is 6. The summed E-state index contributed by atoms with van der Waals surface area (Å²) in [5, 5.41) is 2.49. The van der Waals surface area contributed by atoms with Crippen molar-refractivity contribution in [1.29, 1.82) is 0 Å². The molecule has 32 heavy (non-hydrogen) atoms. The lowest BCUT2D eigenvalue weighted by Crippen LogP contribution is -2.47. The van der Waals surface area contributed by atoms with E-state index in [4.69, 9.17) is 4.74 Å². The van der Waals surface area contributed by atoms with Gasteiger partial charge in [0.25, 0.3) is 11.8 Å². The van der Waals surface area contributed by atoms with Crippen LogP contribution in [0.5, 0.6) is 5.75 Å². The van der Waals surface area contributed by atoms with Crippen LogP contribution in [-0.4, -0.2) is 47.3 Å². The molecule has 1 unspecified atom stereocenters. The minimum absolute atomic E-state index is 0.0268. The van der Waals surface area contributed by atoms with E-state index in [1.165, 1.54) is 12.1 Å². The number of hydrogen-bond donors (Lipinski definition) is 1. The van der Waals surface area contributed by atoms with Crippen molar-refractivity contribution in [3.63, 3.8) is 0 Å². The Morgan fingerprint density at radius 1 is 1.41 bits per heavy atom. The number of benzene rings is 1. The largest absolute Gasteiger partial charge is 0.484 e. The number of halogens is 4. The Labute approximate surface area is 189 Å². The van der Waals surface area contributed by atoms with E-state index in [0.29, 0.717) is 5.69 Å². The van der Waals surface area contributed by atoms with Gasteiger partial charge in [-0.1, -0.05) is 6.08 Å². The molecule has 2 aromatic rings. The number of aryl methyl sites for hydroxylation is 1. The SMILES string of the molecule is C=CC1CN(c2nc(C)cc(NC(=O)c3c(F)cc(Br)c4c3OCC4=O)n2)CCC1(F)F. The lowest BCUT2D eigenvalue weighted by molar-refractivity contribution is -0.0545. The number of aromatic nitrogens is 2. The summed E-state index contributed by atoms with van der Waals surface area (Å²) in [5.41, 5.74) is 0.155. The maximum absolute atomic E-state index is 14.6.